The molecule has 1 aromatic carbocycles. The summed E-state index contributed by atoms with van der Waals surface area (Å²) in [4.78, 5) is 13.2. The van der Waals surface area contributed by atoms with Gasteiger partial charge in [-0.05, 0) is 37.1 Å². The molecule has 1 N–H and O–H groups in total. The van der Waals surface area contributed by atoms with Gasteiger partial charge in [0.2, 0.25) is 0 Å². The summed E-state index contributed by atoms with van der Waals surface area (Å²) in [6.45, 7) is 4.16. The normalized spacial score (nSPS) is 12.5. The fourth-order valence-electron chi connectivity index (χ4n) is 2.71. The Morgan fingerprint density at radius 1 is 1.18 bits per heavy atom. The minimum absolute atomic E-state index is 0.341. The van der Waals surface area contributed by atoms with Crippen LogP contribution in [0.1, 0.15) is 17.7 Å². The van der Waals surface area contributed by atoms with E-state index < -0.39 is 10.8 Å². The SMILES string of the molecule is COCCCOCCSc1ccnc(CS(=O)c2nc3ccccc3[nH]2)c1C. The number of hydrogen-bond acceptors (Lipinski definition) is 6. The van der Waals surface area contributed by atoms with Crippen LogP contribution in [0.5, 0.6) is 0 Å². The molecule has 0 spiro atoms. The van der Waals surface area contributed by atoms with Gasteiger partial charge in [-0.1, -0.05) is 12.1 Å². The monoisotopic (exact) mass is 419 g/mol. The maximum absolute atomic E-state index is 12.8. The summed E-state index contributed by atoms with van der Waals surface area (Å²) in [7, 11) is 0.423. The number of imidazole rings is 1. The first-order valence-electron chi connectivity index (χ1n) is 9.16. The Bertz CT molecular complexity index is 897. The Morgan fingerprint density at radius 2 is 2.04 bits per heavy atom. The van der Waals surface area contributed by atoms with Crippen LogP contribution in [0.2, 0.25) is 0 Å². The number of nitrogens with one attached hydrogen (secondary N) is 1. The summed E-state index contributed by atoms with van der Waals surface area (Å²) in [6, 6.07) is 9.69. The number of aromatic amines is 1. The third kappa shape index (κ3) is 5.64. The summed E-state index contributed by atoms with van der Waals surface area (Å²) in [5.74, 6) is 1.21. The van der Waals surface area contributed by atoms with Crippen LogP contribution in [0, 0.1) is 6.92 Å². The molecular formula is C20H25N3O3S2. The molecule has 6 nitrogen and oxygen atoms in total. The van der Waals surface area contributed by atoms with Crippen molar-refractivity contribution >= 4 is 33.6 Å². The Balaban J connectivity index is 1.57. The van der Waals surface area contributed by atoms with E-state index >= 15 is 0 Å². The number of fused-ring (bicyclic) bond motifs is 1. The zero-order valence-corrected chi connectivity index (χ0v) is 17.8. The molecular weight excluding hydrogens is 394 g/mol. The molecule has 28 heavy (non-hydrogen) atoms. The molecule has 3 rings (SSSR count). The minimum atomic E-state index is -1.27. The Kier molecular flexibility index (Phi) is 8.02. The van der Waals surface area contributed by atoms with E-state index in [0.29, 0.717) is 24.1 Å². The largest absolute Gasteiger partial charge is 0.385 e. The maximum Gasteiger partial charge on any atom is 0.197 e. The van der Waals surface area contributed by atoms with Gasteiger partial charge in [-0.25, -0.2) is 4.98 Å². The number of para-hydroxylation sites is 2. The van der Waals surface area contributed by atoms with Gasteiger partial charge >= 0.3 is 0 Å². The molecule has 1 atom stereocenters. The predicted molar refractivity (Wildman–Crippen MR) is 113 cm³/mol. The highest BCUT2D eigenvalue weighted by molar-refractivity contribution is 7.99. The van der Waals surface area contributed by atoms with E-state index in [1.165, 1.54) is 0 Å². The minimum Gasteiger partial charge on any atom is -0.385 e. The zero-order chi connectivity index (χ0) is 19.8. The third-order valence-electron chi connectivity index (χ3n) is 4.23. The van der Waals surface area contributed by atoms with Gasteiger partial charge < -0.3 is 14.5 Å². The molecule has 2 heterocycles. The molecule has 3 aromatic rings. The van der Waals surface area contributed by atoms with E-state index in [1.54, 1.807) is 25.1 Å². The molecule has 8 heteroatoms. The molecule has 0 amide bonds. The van der Waals surface area contributed by atoms with Gasteiger partial charge in [-0.2, -0.15) is 0 Å². The lowest BCUT2D eigenvalue weighted by Gasteiger charge is -2.10. The number of ether oxygens (including phenoxy) is 2. The van der Waals surface area contributed by atoms with Crippen LogP contribution in [-0.2, 0) is 26.0 Å². The van der Waals surface area contributed by atoms with Gasteiger partial charge in [0, 0.05) is 37.2 Å². The summed E-state index contributed by atoms with van der Waals surface area (Å²) in [6.07, 6.45) is 2.69. The average Bonchev–Trinajstić information content (AvgIpc) is 3.14. The molecule has 0 fully saturated rings. The second-order valence-corrected chi connectivity index (χ2v) is 8.74. The lowest BCUT2D eigenvalue weighted by Crippen LogP contribution is -2.04. The highest BCUT2D eigenvalue weighted by Crippen LogP contribution is 2.25. The van der Waals surface area contributed by atoms with E-state index in [9.17, 15) is 4.21 Å². The summed E-state index contributed by atoms with van der Waals surface area (Å²) in [5, 5.41) is 0.491. The Hall–Kier alpha value is -1.74. The number of aromatic nitrogens is 3. The third-order valence-corrected chi connectivity index (χ3v) is 6.52. The van der Waals surface area contributed by atoms with E-state index in [4.69, 9.17) is 9.47 Å². The van der Waals surface area contributed by atoms with Crippen molar-refractivity contribution in [2.75, 3.05) is 32.7 Å². The Labute approximate surface area is 171 Å². The van der Waals surface area contributed by atoms with E-state index in [-0.39, 0.29) is 0 Å². The van der Waals surface area contributed by atoms with Gasteiger partial charge in [0.25, 0.3) is 0 Å². The maximum atomic E-state index is 12.8. The lowest BCUT2D eigenvalue weighted by atomic mass is 10.2. The fraction of sp³-hybridized carbons (Fsp3) is 0.400. The second-order valence-electron chi connectivity index (χ2n) is 6.24. The first kappa shape index (κ1) is 21.0. The van der Waals surface area contributed by atoms with E-state index in [0.717, 1.165) is 46.0 Å². The number of methoxy groups -OCH3 is 1. The van der Waals surface area contributed by atoms with Crippen LogP contribution in [0.25, 0.3) is 11.0 Å². The van der Waals surface area contributed by atoms with Crippen molar-refractivity contribution in [3.63, 3.8) is 0 Å². The number of nitrogens with zero attached hydrogens (tertiary/aromatic N) is 2. The summed E-state index contributed by atoms with van der Waals surface area (Å²) < 4.78 is 23.4. The van der Waals surface area contributed by atoms with E-state index in [2.05, 4.69) is 15.0 Å². The molecule has 0 saturated heterocycles. The fourth-order valence-corrected chi connectivity index (χ4v) is 4.72. The van der Waals surface area contributed by atoms with Crippen molar-refractivity contribution in [2.45, 2.75) is 29.1 Å². The molecule has 0 saturated carbocycles. The van der Waals surface area contributed by atoms with Crippen LogP contribution < -0.4 is 0 Å². The van der Waals surface area contributed by atoms with Crippen LogP contribution in [0.4, 0.5) is 0 Å². The number of benzene rings is 1. The number of hydrogen-bond donors (Lipinski definition) is 1. The summed E-state index contributed by atoms with van der Waals surface area (Å²) >= 11 is 1.73. The highest BCUT2D eigenvalue weighted by Gasteiger charge is 2.14. The van der Waals surface area contributed by atoms with Crippen LogP contribution >= 0.6 is 11.8 Å². The van der Waals surface area contributed by atoms with Crippen LogP contribution in [0.15, 0.2) is 46.6 Å². The first-order valence-corrected chi connectivity index (χ1v) is 11.5. The zero-order valence-electron chi connectivity index (χ0n) is 16.1. The van der Waals surface area contributed by atoms with Crippen molar-refractivity contribution in [3.8, 4) is 0 Å². The van der Waals surface area contributed by atoms with Crippen molar-refractivity contribution in [2.24, 2.45) is 0 Å². The number of H-pyrrole nitrogens is 1. The molecule has 1 unspecified atom stereocenters. The van der Waals surface area contributed by atoms with Crippen LogP contribution in [-0.4, -0.2) is 51.8 Å². The van der Waals surface area contributed by atoms with Crippen LogP contribution in [0.3, 0.4) is 0 Å². The molecule has 0 radical (unpaired) electrons. The number of pyridine rings is 1. The van der Waals surface area contributed by atoms with Gasteiger partial charge in [-0.3, -0.25) is 9.19 Å². The molecule has 0 bridgehead atoms. The molecule has 0 aliphatic rings. The number of rotatable bonds is 11. The molecule has 0 aliphatic carbocycles. The van der Waals surface area contributed by atoms with Crippen molar-refractivity contribution in [3.05, 3.63) is 47.8 Å². The number of thioether (sulfide) groups is 1. The first-order chi connectivity index (χ1) is 13.7. The summed E-state index contributed by atoms with van der Waals surface area (Å²) in [5.41, 5.74) is 3.62. The lowest BCUT2D eigenvalue weighted by molar-refractivity contribution is 0.113. The van der Waals surface area contributed by atoms with Crippen molar-refractivity contribution in [1.82, 2.24) is 15.0 Å². The molecule has 0 aliphatic heterocycles. The standard InChI is InChI=1S/C20H25N3O3S2/c1-15-18(14-28(24)20-22-16-6-3-4-7-17(16)23-20)21-9-8-19(15)27-13-12-26-11-5-10-25-2/h3-4,6-9H,5,10-14H2,1-2H3,(H,22,23). The smallest absolute Gasteiger partial charge is 0.197 e. The Morgan fingerprint density at radius 3 is 2.86 bits per heavy atom. The highest BCUT2D eigenvalue weighted by atomic mass is 32.2. The van der Waals surface area contributed by atoms with E-state index in [1.807, 2.05) is 37.3 Å². The van der Waals surface area contributed by atoms with Gasteiger partial charge in [0.15, 0.2) is 5.16 Å². The molecule has 2 aromatic heterocycles. The van der Waals surface area contributed by atoms with Gasteiger partial charge in [-0.15, -0.1) is 11.8 Å². The molecule has 150 valence electrons. The van der Waals surface area contributed by atoms with Gasteiger partial charge in [0.1, 0.15) is 0 Å². The van der Waals surface area contributed by atoms with Gasteiger partial charge in [0.05, 0.1) is 39.9 Å². The quantitative estimate of drug-likeness (QED) is 0.377. The second kappa shape index (κ2) is 10.7. The van der Waals surface area contributed by atoms with Crippen molar-refractivity contribution in [1.29, 1.82) is 0 Å². The topological polar surface area (TPSA) is 77.1 Å². The predicted octanol–water partition coefficient (Wildman–Crippen LogP) is 3.72. The average molecular weight is 420 g/mol. The van der Waals surface area contributed by atoms with Crippen molar-refractivity contribution < 1.29 is 13.7 Å².